The average molecular weight is 227 g/mol. The third-order valence-electron chi connectivity index (χ3n) is 1.75. The minimum absolute atomic E-state index is 0.0391. The Morgan fingerprint density at radius 1 is 1.31 bits per heavy atom. The van der Waals surface area contributed by atoms with Gasteiger partial charge in [0.05, 0.1) is 0 Å². The van der Waals surface area contributed by atoms with Gasteiger partial charge in [-0.1, -0.05) is 6.58 Å². The summed E-state index contributed by atoms with van der Waals surface area (Å²) in [7, 11) is 0. The molecule has 0 spiro atoms. The molecule has 0 radical (unpaired) electrons. The second kappa shape index (κ2) is 7.04. The van der Waals surface area contributed by atoms with E-state index in [1.807, 2.05) is 20.8 Å². The van der Waals surface area contributed by atoms with E-state index in [9.17, 15) is 9.59 Å². The molecule has 0 aliphatic carbocycles. The van der Waals surface area contributed by atoms with Gasteiger partial charge in [-0.2, -0.15) is 0 Å². The first-order valence-corrected chi connectivity index (χ1v) is 5.47. The van der Waals surface area contributed by atoms with Crippen LogP contribution in [0.2, 0.25) is 0 Å². The zero-order chi connectivity index (χ0) is 12.6. The molecule has 0 bridgehead atoms. The topological polar surface area (TPSA) is 55.4 Å². The molecule has 16 heavy (non-hydrogen) atoms. The zero-order valence-corrected chi connectivity index (χ0v) is 10.3. The van der Waals surface area contributed by atoms with Crippen LogP contribution in [0.1, 0.15) is 40.0 Å². The number of alkyl carbamates (subject to hydrolysis) is 1. The lowest BCUT2D eigenvalue weighted by atomic mass is 10.2. The molecule has 0 atom stereocenters. The van der Waals surface area contributed by atoms with Crippen LogP contribution in [0, 0.1) is 0 Å². The number of unbranched alkanes of at least 4 members (excludes halogenated alkanes) is 1. The Morgan fingerprint density at radius 2 is 1.94 bits per heavy atom. The number of ether oxygens (including phenoxy) is 1. The number of hydrogen-bond donors (Lipinski definition) is 1. The quantitative estimate of drug-likeness (QED) is 0.560. The number of allylic oxidation sites excluding steroid dienone is 1. The van der Waals surface area contributed by atoms with Crippen LogP contribution in [0.15, 0.2) is 12.7 Å². The Bertz CT molecular complexity index is 253. The van der Waals surface area contributed by atoms with Gasteiger partial charge >= 0.3 is 6.09 Å². The summed E-state index contributed by atoms with van der Waals surface area (Å²) in [4.78, 5) is 22.1. The maximum Gasteiger partial charge on any atom is 0.407 e. The molecule has 1 N–H and O–H groups in total. The lowest BCUT2D eigenvalue weighted by Gasteiger charge is -2.19. The van der Waals surface area contributed by atoms with Crippen molar-refractivity contribution in [2.45, 2.75) is 45.6 Å². The maximum atomic E-state index is 11.2. The molecular weight excluding hydrogens is 206 g/mol. The Morgan fingerprint density at radius 3 is 2.44 bits per heavy atom. The van der Waals surface area contributed by atoms with E-state index >= 15 is 0 Å². The Labute approximate surface area is 97.1 Å². The van der Waals surface area contributed by atoms with Gasteiger partial charge in [0.25, 0.3) is 0 Å². The van der Waals surface area contributed by atoms with Gasteiger partial charge in [0, 0.05) is 13.0 Å². The fraction of sp³-hybridized carbons (Fsp3) is 0.667. The number of carbonyl (C=O) groups is 2. The smallest absolute Gasteiger partial charge is 0.407 e. The van der Waals surface area contributed by atoms with E-state index in [0.29, 0.717) is 13.0 Å². The molecule has 0 aromatic heterocycles. The van der Waals surface area contributed by atoms with Gasteiger partial charge in [0.15, 0.2) is 5.78 Å². The van der Waals surface area contributed by atoms with Gasteiger partial charge in [0.1, 0.15) is 5.60 Å². The molecule has 0 unspecified atom stereocenters. The van der Waals surface area contributed by atoms with Crippen molar-refractivity contribution in [3.8, 4) is 0 Å². The molecule has 0 fully saturated rings. The normalized spacial score (nSPS) is 10.7. The Hall–Kier alpha value is -1.32. The predicted octanol–water partition coefficient (Wildman–Crippen LogP) is 2.44. The fourth-order valence-electron chi connectivity index (χ4n) is 1.03. The average Bonchev–Trinajstić information content (AvgIpc) is 2.14. The van der Waals surface area contributed by atoms with Gasteiger partial charge in [-0.05, 0) is 39.7 Å². The number of nitrogens with one attached hydrogen (secondary N) is 1. The van der Waals surface area contributed by atoms with Crippen molar-refractivity contribution in [3.63, 3.8) is 0 Å². The van der Waals surface area contributed by atoms with Crippen LogP contribution in [0.25, 0.3) is 0 Å². The van der Waals surface area contributed by atoms with Gasteiger partial charge in [-0.3, -0.25) is 4.79 Å². The van der Waals surface area contributed by atoms with Crippen molar-refractivity contribution < 1.29 is 14.3 Å². The Kier molecular flexibility index (Phi) is 6.46. The van der Waals surface area contributed by atoms with E-state index in [4.69, 9.17) is 4.74 Å². The fourth-order valence-corrected chi connectivity index (χ4v) is 1.03. The van der Waals surface area contributed by atoms with E-state index in [1.54, 1.807) is 0 Å². The van der Waals surface area contributed by atoms with Crippen LogP contribution in [0.5, 0.6) is 0 Å². The second-order valence-electron chi connectivity index (χ2n) is 4.56. The van der Waals surface area contributed by atoms with Crippen LogP contribution in [-0.2, 0) is 9.53 Å². The van der Waals surface area contributed by atoms with Crippen LogP contribution in [0.4, 0.5) is 4.79 Å². The summed E-state index contributed by atoms with van der Waals surface area (Å²) in [6.45, 7) is 9.36. The van der Waals surface area contributed by atoms with Gasteiger partial charge in [0.2, 0.25) is 0 Å². The van der Waals surface area contributed by atoms with Crippen LogP contribution in [0.3, 0.4) is 0 Å². The number of hydrogen-bond acceptors (Lipinski definition) is 3. The molecule has 0 rings (SSSR count). The summed E-state index contributed by atoms with van der Waals surface area (Å²) in [6, 6.07) is 0. The molecule has 0 aromatic carbocycles. The summed E-state index contributed by atoms with van der Waals surface area (Å²) in [5.41, 5.74) is -0.469. The molecule has 0 saturated heterocycles. The predicted molar refractivity (Wildman–Crippen MR) is 63.3 cm³/mol. The van der Waals surface area contributed by atoms with E-state index in [1.165, 1.54) is 6.08 Å². The second-order valence-corrected chi connectivity index (χ2v) is 4.56. The minimum Gasteiger partial charge on any atom is -0.444 e. The first-order valence-electron chi connectivity index (χ1n) is 5.47. The van der Waals surface area contributed by atoms with E-state index in [-0.39, 0.29) is 5.78 Å². The molecular formula is C12H21NO3. The van der Waals surface area contributed by atoms with Gasteiger partial charge < -0.3 is 10.1 Å². The summed E-state index contributed by atoms with van der Waals surface area (Å²) in [6.07, 6.45) is 2.91. The summed E-state index contributed by atoms with van der Waals surface area (Å²) in [5.74, 6) is 0.0391. The summed E-state index contributed by atoms with van der Waals surface area (Å²) in [5, 5.41) is 2.63. The highest BCUT2D eigenvalue weighted by atomic mass is 16.6. The van der Waals surface area contributed by atoms with E-state index in [2.05, 4.69) is 11.9 Å². The molecule has 4 nitrogen and oxygen atoms in total. The van der Waals surface area contributed by atoms with Crippen molar-refractivity contribution in [1.82, 2.24) is 5.32 Å². The number of ketones is 1. The molecule has 0 aliphatic rings. The third kappa shape index (κ3) is 9.24. The van der Waals surface area contributed by atoms with Gasteiger partial charge in [-0.25, -0.2) is 4.79 Å². The summed E-state index contributed by atoms with van der Waals surface area (Å²) < 4.78 is 5.05. The number of rotatable bonds is 6. The number of carbonyl (C=O) groups excluding carboxylic acids is 2. The molecule has 4 heteroatoms. The maximum absolute atomic E-state index is 11.2. The van der Waals surface area contributed by atoms with Crippen molar-refractivity contribution in [3.05, 3.63) is 12.7 Å². The zero-order valence-electron chi connectivity index (χ0n) is 10.3. The van der Waals surface area contributed by atoms with Crippen molar-refractivity contribution in [2.75, 3.05) is 6.54 Å². The van der Waals surface area contributed by atoms with E-state index in [0.717, 1.165) is 12.8 Å². The van der Waals surface area contributed by atoms with Crippen molar-refractivity contribution in [1.29, 1.82) is 0 Å². The standard InChI is InChI=1S/C12H21NO3/c1-5-10(14)8-6-7-9-13-11(15)16-12(2,3)4/h5H,1,6-9H2,2-4H3,(H,13,15). The highest BCUT2D eigenvalue weighted by Gasteiger charge is 2.15. The van der Waals surface area contributed by atoms with Crippen LogP contribution >= 0.6 is 0 Å². The summed E-state index contributed by atoms with van der Waals surface area (Å²) >= 11 is 0. The van der Waals surface area contributed by atoms with Crippen LogP contribution < -0.4 is 5.32 Å². The SMILES string of the molecule is C=CC(=O)CCCCNC(=O)OC(C)(C)C. The van der Waals surface area contributed by atoms with Crippen molar-refractivity contribution in [2.24, 2.45) is 0 Å². The van der Waals surface area contributed by atoms with Crippen LogP contribution in [-0.4, -0.2) is 24.0 Å². The highest BCUT2D eigenvalue weighted by molar-refractivity contribution is 5.88. The van der Waals surface area contributed by atoms with E-state index < -0.39 is 11.7 Å². The molecule has 0 heterocycles. The Balaban J connectivity index is 3.49. The first kappa shape index (κ1) is 14.7. The number of amides is 1. The monoisotopic (exact) mass is 227 g/mol. The molecule has 1 amide bonds. The molecule has 0 aliphatic heterocycles. The lowest BCUT2D eigenvalue weighted by molar-refractivity contribution is -0.114. The minimum atomic E-state index is -0.469. The molecule has 92 valence electrons. The molecule has 0 aromatic rings. The van der Waals surface area contributed by atoms with Gasteiger partial charge in [-0.15, -0.1) is 0 Å². The van der Waals surface area contributed by atoms with Crippen molar-refractivity contribution >= 4 is 11.9 Å². The third-order valence-corrected chi connectivity index (χ3v) is 1.75. The molecule has 0 saturated carbocycles. The largest absolute Gasteiger partial charge is 0.444 e. The first-order chi connectivity index (χ1) is 7.35. The lowest BCUT2D eigenvalue weighted by Crippen LogP contribution is -2.33. The highest BCUT2D eigenvalue weighted by Crippen LogP contribution is 2.06.